The first kappa shape index (κ1) is 11.2. The third-order valence-corrected chi connectivity index (χ3v) is 2.46. The molecular weight excluding hydrogens is 192 g/mol. The van der Waals surface area contributed by atoms with Gasteiger partial charge in [0.25, 0.3) is 5.92 Å². The molecular formula is C9H15F2NO2. The summed E-state index contributed by atoms with van der Waals surface area (Å²) in [6.07, 6.45) is -1.64. The van der Waals surface area contributed by atoms with Crippen LogP contribution < -0.4 is 0 Å². The molecule has 5 heteroatoms. The van der Waals surface area contributed by atoms with Crippen molar-refractivity contribution < 1.29 is 18.7 Å². The van der Waals surface area contributed by atoms with Gasteiger partial charge in [0.1, 0.15) is 6.04 Å². The largest absolute Gasteiger partial charge is 0.465 e. The van der Waals surface area contributed by atoms with E-state index in [2.05, 4.69) is 0 Å². The van der Waals surface area contributed by atoms with Crippen LogP contribution in [0.3, 0.4) is 0 Å². The van der Waals surface area contributed by atoms with Gasteiger partial charge in [-0.15, -0.1) is 0 Å². The van der Waals surface area contributed by atoms with Gasteiger partial charge in [-0.2, -0.15) is 0 Å². The standard InChI is InChI=1S/C9H15F2NO2/c1-8(2,3)6-9(10,11)4-5-12(6)7(13)14/h6H,4-5H2,1-3H3,(H,13,14). The average Bonchev–Trinajstić information content (AvgIpc) is 2.23. The number of alkyl halides is 2. The highest BCUT2D eigenvalue weighted by atomic mass is 19.3. The molecule has 1 unspecified atom stereocenters. The molecule has 1 N–H and O–H groups in total. The predicted molar refractivity (Wildman–Crippen MR) is 47.5 cm³/mol. The minimum atomic E-state index is -2.91. The lowest BCUT2D eigenvalue weighted by molar-refractivity contribution is -0.0677. The number of nitrogens with zero attached hydrogens (tertiary/aromatic N) is 1. The summed E-state index contributed by atoms with van der Waals surface area (Å²) in [7, 11) is 0. The SMILES string of the molecule is CC(C)(C)C1N(C(=O)O)CCC1(F)F. The fraction of sp³-hybridized carbons (Fsp3) is 0.889. The minimum Gasteiger partial charge on any atom is -0.465 e. The summed E-state index contributed by atoms with van der Waals surface area (Å²) in [6.45, 7) is 4.82. The van der Waals surface area contributed by atoms with Gasteiger partial charge in [-0.25, -0.2) is 13.6 Å². The monoisotopic (exact) mass is 207 g/mol. The molecule has 1 atom stereocenters. The lowest BCUT2D eigenvalue weighted by Crippen LogP contribution is -2.50. The number of rotatable bonds is 0. The summed E-state index contributed by atoms with van der Waals surface area (Å²) in [5, 5.41) is 8.77. The fourth-order valence-corrected chi connectivity index (χ4v) is 2.07. The van der Waals surface area contributed by atoms with Gasteiger partial charge in [0.05, 0.1) is 0 Å². The maximum atomic E-state index is 13.4. The molecule has 3 nitrogen and oxygen atoms in total. The molecule has 0 aliphatic carbocycles. The molecule has 0 aromatic carbocycles. The molecule has 1 saturated heterocycles. The maximum Gasteiger partial charge on any atom is 0.407 e. The van der Waals surface area contributed by atoms with Crippen LogP contribution in [0.1, 0.15) is 27.2 Å². The van der Waals surface area contributed by atoms with Crippen LogP contribution in [0.5, 0.6) is 0 Å². The number of carbonyl (C=O) groups is 1. The Kier molecular flexibility index (Phi) is 2.46. The van der Waals surface area contributed by atoms with Crippen molar-refractivity contribution in [2.75, 3.05) is 6.54 Å². The van der Waals surface area contributed by atoms with Crippen molar-refractivity contribution in [2.24, 2.45) is 5.41 Å². The zero-order chi connectivity index (χ0) is 11.1. The normalized spacial score (nSPS) is 26.6. The van der Waals surface area contributed by atoms with E-state index in [1.54, 1.807) is 20.8 Å². The Morgan fingerprint density at radius 3 is 2.29 bits per heavy atom. The highest BCUT2D eigenvalue weighted by Crippen LogP contribution is 2.43. The van der Waals surface area contributed by atoms with E-state index < -0.39 is 23.5 Å². The zero-order valence-electron chi connectivity index (χ0n) is 8.55. The van der Waals surface area contributed by atoms with Gasteiger partial charge in [0.15, 0.2) is 0 Å². The van der Waals surface area contributed by atoms with Crippen molar-refractivity contribution in [2.45, 2.75) is 39.2 Å². The Labute approximate surface area is 81.7 Å². The Bertz CT molecular complexity index is 248. The molecule has 0 saturated carbocycles. The molecule has 1 aliphatic rings. The van der Waals surface area contributed by atoms with Crippen LogP contribution in [0.25, 0.3) is 0 Å². The average molecular weight is 207 g/mol. The Morgan fingerprint density at radius 1 is 1.50 bits per heavy atom. The first-order valence-corrected chi connectivity index (χ1v) is 4.53. The molecule has 0 aromatic rings. The van der Waals surface area contributed by atoms with Gasteiger partial charge in [-0.05, 0) is 5.41 Å². The number of likely N-dealkylation sites (tertiary alicyclic amines) is 1. The number of halogens is 2. The van der Waals surface area contributed by atoms with Crippen LogP contribution >= 0.6 is 0 Å². The van der Waals surface area contributed by atoms with Crippen LogP contribution in [0, 0.1) is 5.41 Å². The molecule has 0 radical (unpaired) electrons. The topological polar surface area (TPSA) is 40.5 Å². The molecule has 1 fully saturated rings. The zero-order valence-corrected chi connectivity index (χ0v) is 8.55. The van der Waals surface area contributed by atoms with Crippen LogP contribution in [0.4, 0.5) is 13.6 Å². The smallest absolute Gasteiger partial charge is 0.407 e. The number of amides is 1. The van der Waals surface area contributed by atoms with Gasteiger partial charge < -0.3 is 5.11 Å². The van der Waals surface area contributed by atoms with E-state index >= 15 is 0 Å². The van der Waals surface area contributed by atoms with Gasteiger partial charge in [-0.1, -0.05) is 20.8 Å². The van der Waals surface area contributed by atoms with Crippen molar-refractivity contribution in [3.63, 3.8) is 0 Å². The second-order valence-electron chi connectivity index (χ2n) is 4.76. The van der Waals surface area contributed by atoms with Gasteiger partial charge >= 0.3 is 6.09 Å². The lowest BCUT2D eigenvalue weighted by Gasteiger charge is -2.36. The van der Waals surface area contributed by atoms with Crippen LogP contribution in [-0.4, -0.2) is 34.6 Å². The minimum absolute atomic E-state index is 0.0791. The highest BCUT2D eigenvalue weighted by molar-refractivity contribution is 5.66. The second-order valence-corrected chi connectivity index (χ2v) is 4.76. The number of hydrogen-bond donors (Lipinski definition) is 1. The fourth-order valence-electron chi connectivity index (χ4n) is 2.07. The summed E-state index contributed by atoms with van der Waals surface area (Å²) in [5.41, 5.74) is -0.738. The van der Waals surface area contributed by atoms with E-state index in [1.807, 2.05) is 0 Å². The predicted octanol–water partition coefficient (Wildman–Crippen LogP) is 2.42. The van der Waals surface area contributed by atoms with E-state index in [1.165, 1.54) is 0 Å². The van der Waals surface area contributed by atoms with Crippen molar-refractivity contribution in [3.05, 3.63) is 0 Å². The first-order chi connectivity index (χ1) is 6.16. The summed E-state index contributed by atoms with van der Waals surface area (Å²) in [6, 6.07) is -1.22. The van der Waals surface area contributed by atoms with Gasteiger partial charge in [0.2, 0.25) is 0 Å². The molecule has 14 heavy (non-hydrogen) atoms. The van der Waals surface area contributed by atoms with E-state index in [4.69, 9.17) is 5.11 Å². The third-order valence-electron chi connectivity index (χ3n) is 2.46. The molecule has 1 rings (SSSR count). The van der Waals surface area contributed by atoms with Crippen molar-refractivity contribution >= 4 is 6.09 Å². The van der Waals surface area contributed by atoms with E-state index in [-0.39, 0.29) is 13.0 Å². The molecule has 1 aliphatic heterocycles. The number of hydrogen-bond acceptors (Lipinski definition) is 1. The summed E-state index contributed by atoms with van der Waals surface area (Å²) in [5.74, 6) is -2.91. The Hall–Kier alpha value is -0.870. The van der Waals surface area contributed by atoms with Crippen molar-refractivity contribution in [1.29, 1.82) is 0 Å². The second kappa shape index (κ2) is 3.07. The van der Waals surface area contributed by atoms with Crippen molar-refractivity contribution in [1.82, 2.24) is 4.90 Å². The van der Waals surface area contributed by atoms with Gasteiger partial charge in [-0.3, -0.25) is 4.90 Å². The Morgan fingerprint density at radius 2 is 2.00 bits per heavy atom. The third kappa shape index (κ3) is 1.81. The van der Waals surface area contributed by atoms with Crippen LogP contribution in [0.2, 0.25) is 0 Å². The van der Waals surface area contributed by atoms with E-state index in [0.29, 0.717) is 0 Å². The summed E-state index contributed by atoms with van der Waals surface area (Å²) >= 11 is 0. The molecule has 0 bridgehead atoms. The summed E-state index contributed by atoms with van der Waals surface area (Å²) in [4.78, 5) is 11.6. The lowest BCUT2D eigenvalue weighted by atomic mass is 9.83. The van der Waals surface area contributed by atoms with Crippen molar-refractivity contribution in [3.8, 4) is 0 Å². The highest BCUT2D eigenvalue weighted by Gasteiger charge is 2.55. The molecule has 82 valence electrons. The van der Waals surface area contributed by atoms with Crippen LogP contribution in [0.15, 0.2) is 0 Å². The quantitative estimate of drug-likeness (QED) is 0.662. The molecule has 0 spiro atoms. The first-order valence-electron chi connectivity index (χ1n) is 4.53. The molecule has 1 amide bonds. The van der Waals surface area contributed by atoms with Gasteiger partial charge in [0, 0.05) is 13.0 Å². The van der Waals surface area contributed by atoms with Crippen LogP contribution in [-0.2, 0) is 0 Å². The molecule has 0 aromatic heterocycles. The van der Waals surface area contributed by atoms with E-state index in [0.717, 1.165) is 4.90 Å². The Balaban J connectivity index is 2.99. The number of carboxylic acid groups (broad SMARTS) is 1. The maximum absolute atomic E-state index is 13.4. The molecule has 1 heterocycles. The van der Waals surface area contributed by atoms with E-state index in [9.17, 15) is 13.6 Å². The summed E-state index contributed by atoms with van der Waals surface area (Å²) < 4.78 is 26.8.